The van der Waals surface area contributed by atoms with E-state index < -0.39 is 0 Å². The molecule has 2 aromatic heterocycles. The Morgan fingerprint density at radius 3 is 1.52 bits per heavy atom. The normalized spacial score (nSPS) is 11.9. The van der Waals surface area contributed by atoms with Gasteiger partial charge in [-0.05, 0) is 123 Å². The lowest BCUT2D eigenvalue weighted by Crippen LogP contribution is -2.00. The van der Waals surface area contributed by atoms with Gasteiger partial charge in [-0.25, -0.2) is 15.0 Å². The highest BCUT2D eigenvalue weighted by molar-refractivity contribution is 7.26. The Bertz CT molecular complexity index is 4380. The third kappa shape index (κ3) is 5.87. The molecule has 14 rings (SSSR count). The van der Waals surface area contributed by atoms with Crippen molar-refractivity contribution in [1.82, 2.24) is 15.0 Å². The fourth-order valence-corrected chi connectivity index (χ4v) is 11.8. The van der Waals surface area contributed by atoms with Crippen molar-refractivity contribution in [3.05, 3.63) is 212 Å². The molecule has 5 heteroatoms. The van der Waals surface area contributed by atoms with Crippen LogP contribution in [0.4, 0.5) is 0 Å². The van der Waals surface area contributed by atoms with E-state index >= 15 is 0 Å². The maximum Gasteiger partial charge on any atom is 0.164 e. The molecule has 14 aromatic rings. The largest absolute Gasteiger partial charge is 0.208 e. The first-order valence-corrected chi connectivity index (χ1v) is 23.3. The van der Waals surface area contributed by atoms with Crippen molar-refractivity contribution < 1.29 is 0 Å². The van der Waals surface area contributed by atoms with Crippen molar-refractivity contribution in [3.63, 3.8) is 0 Å². The van der Waals surface area contributed by atoms with Crippen molar-refractivity contribution in [2.24, 2.45) is 0 Å². The van der Waals surface area contributed by atoms with E-state index in [-0.39, 0.29) is 0 Å². The van der Waals surface area contributed by atoms with Crippen LogP contribution in [0, 0.1) is 11.3 Å². The van der Waals surface area contributed by atoms with E-state index in [2.05, 4.69) is 182 Å². The van der Waals surface area contributed by atoms with E-state index in [1.54, 1.807) is 0 Å². The summed E-state index contributed by atoms with van der Waals surface area (Å²) in [7, 11) is 0. The molecule has 0 unspecified atom stereocenters. The molecule has 0 bridgehead atoms. The van der Waals surface area contributed by atoms with Gasteiger partial charge in [0.05, 0.1) is 11.6 Å². The number of thiophene rings is 1. The molecule has 0 amide bonds. The van der Waals surface area contributed by atoms with Gasteiger partial charge in [0.15, 0.2) is 17.5 Å². The van der Waals surface area contributed by atoms with Crippen LogP contribution in [0.1, 0.15) is 5.56 Å². The maximum atomic E-state index is 9.48. The van der Waals surface area contributed by atoms with E-state index in [4.69, 9.17) is 15.0 Å². The summed E-state index contributed by atoms with van der Waals surface area (Å²) in [5.74, 6) is 1.78. The van der Waals surface area contributed by atoms with Gasteiger partial charge >= 0.3 is 0 Å². The number of aromatic nitrogens is 3. The van der Waals surface area contributed by atoms with Gasteiger partial charge in [0.2, 0.25) is 0 Å². The zero-order valence-corrected chi connectivity index (χ0v) is 36.6. The second-order valence-corrected chi connectivity index (χ2v) is 18.5. The molecule has 0 fully saturated rings. The molecule has 67 heavy (non-hydrogen) atoms. The van der Waals surface area contributed by atoms with Crippen LogP contribution in [-0.4, -0.2) is 15.0 Å². The second-order valence-electron chi connectivity index (χ2n) is 17.4. The highest BCUT2D eigenvalue weighted by Gasteiger charge is 2.20. The van der Waals surface area contributed by atoms with Crippen molar-refractivity contribution in [1.29, 1.82) is 5.26 Å². The van der Waals surface area contributed by atoms with Gasteiger partial charge in [-0.3, -0.25) is 0 Å². The molecule has 0 atom stereocenters. The van der Waals surface area contributed by atoms with Crippen LogP contribution in [0.3, 0.4) is 0 Å². The van der Waals surface area contributed by atoms with Gasteiger partial charge in [-0.15, -0.1) is 11.3 Å². The second kappa shape index (κ2) is 14.6. The quantitative estimate of drug-likeness (QED) is 0.162. The molecule has 0 aliphatic rings. The van der Waals surface area contributed by atoms with Crippen LogP contribution in [0.2, 0.25) is 0 Å². The molecule has 0 spiro atoms. The molecule has 0 aliphatic carbocycles. The third-order valence-electron chi connectivity index (χ3n) is 13.6. The average Bonchev–Trinajstić information content (AvgIpc) is 3.78. The van der Waals surface area contributed by atoms with Crippen molar-refractivity contribution in [3.8, 4) is 62.5 Å². The standard InChI is InChI=1S/C62H34N4S/c63-35-36-20-22-37(23-21-36)43-11-3-12-45(32-43)61-64-60(42-29-24-38(25-30-42)47-14-7-18-52-48-13-1-2-19-54(48)67-59(47)52)65-62(66-61)46-33-44-31-28-41-9-5-16-50-49-15-4-8-39-26-27-40-10-6-17-51(57(40)55(39)49)53(34-46)58(44)56(41)50/h1-34H. The molecule has 0 radical (unpaired) electrons. The Labute approximate surface area is 388 Å². The summed E-state index contributed by atoms with van der Waals surface area (Å²) >= 11 is 1.84. The van der Waals surface area contributed by atoms with E-state index in [9.17, 15) is 5.26 Å². The number of nitrogens with zero attached hydrogens (tertiary/aromatic N) is 4. The molecular weight excluding hydrogens is 833 g/mol. The monoisotopic (exact) mass is 866 g/mol. The predicted octanol–water partition coefficient (Wildman–Crippen LogP) is 16.8. The molecule has 0 saturated carbocycles. The van der Waals surface area contributed by atoms with Gasteiger partial charge < -0.3 is 0 Å². The van der Waals surface area contributed by atoms with E-state index in [1.165, 1.54) is 79.6 Å². The number of fused-ring (bicyclic) bond motifs is 5. The fraction of sp³-hybridized carbons (Fsp3) is 0. The number of nitriles is 1. The number of hydrogen-bond donors (Lipinski definition) is 0. The van der Waals surface area contributed by atoms with Crippen LogP contribution in [-0.2, 0) is 0 Å². The molecule has 0 N–H and O–H groups in total. The van der Waals surface area contributed by atoms with Crippen molar-refractivity contribution in [2.45, 2.75) is 0 Å². The first-order chi connectivity index (χ1) is 33.1. The Kier molecular flexibility index (Phi) is 8.18. The lowest BCUT2D eigenvalue weighted by molar-refractivity contribution is 1.07. The summed E-state index contributed by atoms with van der Waals surface area (Å²) in [4.78, 5) is 15.9. The van der Waals surface area contributed by atoms with Gasteiger partial charge in [0.25, 0.3) is 0 Å². The molecule has 0 saturated heterocycles. The summed E-state index contributed by atoms with van der Waals surface area (Å²) in [5, 5.41) is 26.7. The minimum Gasteiger partial charge on any atom is -0.208 e. The minimum absolute atomic E-state index is 0.582. The third-order valence-corrected chi connectivity index (χ3v) is 14.9. The lowest BCUT2D eigenvalue weighted by atomic mass is 9.87. The molecule has 308 valence electrons. The predicted molar refractivity (Wildman–Crippen MR) is 281 cm³/mol. The zero-order chi connectivity index (χ0) is 44.2. The Balaban J connectivity index is 1.01. The summed E-state index contributed by atoms with van der Waals surface area (Å²) in [6.45, 7) is 0. The van der Waals surface area contributed by atoms with Gasteiger partial charge in [0.1, 0.15) is 0 Å². The van der Waals surface area contributed by atoms with E-state index in [0.717, 1.165) is 44.2 Å². The zero-order valence-electron chi connectivity index (χ0n) is 35.8. The molecular formula is C62H34N4S. The molecule has 2 heterocycles. The lowest BCUT2D eigenvalue weighted by Gasteiger charge is -2.17. The summed E-state index contributed by atoms with van der Waals surface area (Å²) in [6, 6.07) is 75.8. The van der Waals surface area contributed by atoms with Crippen LogP contribution in [0.5, 0.6) is 0 Å². The van der Waals surface area contributed by atoms with E-state index in [0.29, 0.717) is 23.0 Å². The first kappa shape index (κ1) is 37.5. The maximum absolute atomic E-state index is 9.48. The Morgan fingerprint density at radius 2 is 0.836 bits per heavy atom. The molecule has 0 aliphatic heterocycles. The van der Waals surface area contributed by atoms with Gasteiger partial charge in [-0.1, -0.05) is 170 Å². The highest BCUT2D eigenvalue weighted by atomic mass is 32.1. The van der Waals surface area contributed by atoms with Crippen molar-refractivity contribution in [2.75, 3.05) is 0 Å². The van der Waals surface area contributed by atoms with Crippen LogP contribution >= 0.6 is 11.3 Å². The SMILES string of the molecule is N#Cc1ccc(-c2cccc(-c3nc(-c4ccc(-c5cccc6c5sc5ccccc56)cc4)nc(-c4cc5ccc6cccc7c8cccc9ccc%10cccc(c(c4)c5c67)c%10c98)n3)c2)cc1. The summed E-state index contributed by atoms with van der Waals surface area (Å²) < 4.78 is 2.57. The van der Waals surface area contributed by atoms with E-state index in [1.807, 2.05) is 41.7 Å². The number of rotatable bonds is 5. The molecule has 12 aromatic carbocycles. The van der Waals surface area contributed by atoms with Crippen molar-refractivity contribution >= 4 is 96.1 Å². The fourth-order valence-electron chi connectivity index (χ4n) is 10.5. The summed E-state index contributed by atoms with van der Waals surface area (Å²) in [6.07, 6.45) is 0. The summed E-state index contributed by atoms with van der Waals surface area (Å²) in [5.41, 5.74) is 7.69. The smallest absolute Gasteiger partial charge is 0.164 e. The topological polar surface area (TPSA) is 62.5 Å². The van der Waals surface area contributed by atoms with Gasteiger partial charge in [-0.2, -0.15) is 5.26 Å². The first-order valence-electron chi connectivity index (χ1n) is 22.5. The average molecular weight is 867 g/mol. The highest BCUT2D eigenvalue weighted by Crippen LogP contribution is 2.45. The van der Waals surface area contributed by atoms with Crippen LogP contribution in [0.25, 0.3) is 141 Å². The number of benzene rings is 11. The van der Waals surface area contributed by atoms with Gasteiger partial charge in [0, 0.05) is 36.9 Å². The number of hydrogen-bond acceptors (Lipinski definition) is 5. The molecule has 4 nitrogen and oxygen atoms in total. The van der Waals surface area contributed by atoms with Crippen LogP contribution in [0.15, 0.2) is 206 Å². The van der Waals surface area contributed by atoms with Crippen LogP contribution < -0.4 is 0 Å². The Hall–Kier alpha value is -8.82. The minimum atomic E-state index is 0.582. The Morgan fingerprint density at radius 1 is 0.328 bits per heavy atom.